The SMILES string of the molecule is CCC(Oc1cccc(C)c1C)C(=O)Nc1cc([N+](=O)[O-])ccc1C. The van der Waals surface area contributed by atoms with Crippen molar-refractivity contribution < 1.29 is 14.5 Å². The van der Waals surface area contributed by atoms with Crippen molar-refractivity contribution in [2.75, 3.05) is 5.32 Å². The largest absolute Gasteiger partial charge is 0.480 e. The van der Waals surface area contributed by atoms with E-state index in [0.29, 0.717) is 17.9 Å². The van der Waals surface area contributed by atoms with Gasteiger partial charge in [-0.1, -0.05) is 25.1 Å². The van der Waals surface area contributed by atoms with Crippen LogP contribution in [0.15, 0.2) is 36.4 Å². The highest BCUT2D eigenvalue weighted by molar-refractivity contribution is 5.95. The summed E-state index contributed by atoms with van der Waals surface area (Å²) in [5.41, 5.74) is 3.18. The van der Waals surface area contributed by atoms with E-state index in [2.05, 4.69) is 5.32 Å². The van der Waals surface area contributed by atoms with E-state index in [-0.39, 0.29) is 11.6 Å². The van der Waals surface area contributed by atoms with Crippen LogP contribution in [0.3, 0.4) is 0 Å². The fourth-order valence-corrected chi connectivity index (χ4v) is 2.40. The molecule has 0 heterocycles. The molecule has 0 saturated heterocycles. The molecule has 2 rings (SSSR count). The van der Waals surface area contributed by atoms with Gasteiger partial charge in [0, 0.05) is 12.1 Å². The average molecular weight is 342 g/mol. The van der Waals surface area contributed by atoms with Crippen molar-refractivity contribution >= 4 is 17.3 Å². The van der Waals surface area contributed by atoms with Crippen molar-refractivity contribution in [1.82, 2.24) is 0 Å². The number of carbonyl (C=O) groups excluding carboxylic acids is 1. The highest BCUT2D eigenvalue weighted by atomic mass is 16.6. The minimum absolute atomic E-state index is 0.0654. The van der Waals surface area contributed by atoms with Crippen LogP contribution >= 0.6 is 0 Å². The Morgan fingerprint density at radius 1 is 1.20 bits per heavy atom. The number of ether oxygens (including phenoxy) is 1. The summed E-state index contributed by atoms with van der Waals surface area (Å²) < 4.78 is 5.88. The third kappa shape index (κ3) is 4.35. The first-order chi connectivity index (χ1) is 11.8. The van der Waals surface area contributed by atoms with Crippen molar-refractivity contribution in [2.24, 2.45) is 0 Å². The van der Waals surface area contributed by atoms with E-state index in [9.17, 15) is 14.9 Å². The second-order valence-corrected chi connectivity index (χ2v) is 5.96. The molecule has 0 aromatic heterocycles. The Balaban J connectivity index is 2.19. The molecule has 0 aliphatic heterocycles. The number of nitrogens with one attached hydrogen (secondary N) is 1. The number of non-ortho nitro benzene ring substituents is 1. The zero-order valence-corrected chi connectivity index (χ0v) is 14.8. The number of hydrogen-bond donors (Lipinski definition) is 1. The lowest BCUT2D eigenvalue weighted by Crippen LogP contribution is -2.32. The monoisotopic (exact) mass is 342 g/mol. The molecule has 1 amide bonds. The zero-order chi connectivity index (χ0) is 18.6. The summed E-state index contributed by atoms with van der Waals surface area (Å²) in [4.78, 5) is 23.0. The number of anilines is 1. The molecular weight excluding hydrogens is 320 g/mol. The summed E-state index contributed by atoms with van der Waals surface area (Å²) in [7, 11) is 0. The standard InChI is InChI=1S/C19H22N2O4/c1-5-17(25-18-8-6-7-12(2)14(18)4)19(22)20-16-11-15(21(23)24)10-9-13(16)3/h6-11,17H,5H2,1-4H3,(H,20,22). The molecule has 0 aliphatic rings. The minimum atomic E-state index is -0.681. The molecule has 6 heteroatoms. The Kier molecular flexibility index (Phi) is 5.75. The minimum Gasteiger partial charge on any atom is -0.480 e. The number of hydrogen-bond acceptors (Lipinski definition) is 4. The number of rotatable bonds is 6. The number of amides is 1. The summed E-state index contributed by atoms with van der Waals surface area (Å²) in [6, 6.07) is 10.1. The Morgan fingerprint density at radius 3 is 2.56 bits per heavy atom. The molecule has 25 heavy (non-hydrogen) atoms. The summed E-state index contributed by atoms with van der Waals surface area (Å²) >= 11 is 0. The van der Waals surface area contributed by atoms with Crippen molar-refractivity contribution in [3.8, 4) is 5.75 Å². The number of nitro benzene ring substituents is 1. The molecule has 6 nitrogen and oxygen atoms in total. The Labute approximate surface area is 147 Å². The third-order valence-corrected chi connectivity index (χ3v) is 4.18. The lowest BCUT2D eigenvalue weighted by molar-refractivity contribution is -0.384. The second kappa shape index (κ2) is 7.79. The van der Waals surface area contributed by atoms with E-state index in [1.165, 1.54) is 12.1 Å². The summed E-state index contributed by atoms with van der Waals surface area (Å²) in [6.45, 7) is 7.57. The topological polar surface area (TPSA) is 81.5 Å². The first kappa shape index (κ1) is 18.4. The Hall–Kier alpha value is -2.89. The van der Waals surface area contributed by atoms with Gasteiger partial charge in [0.2, 0.25) is 0 Å². The summed E-state index contributed by atoms with van der Waals surface area (Å²) in [5.74, 6) is 0.338. The molecular formula is C19H22N2O4. The summed E-state index contributed by atoms with van der Waals surface area (Å²) in [5, 5.41) is 13.7. The normalized spacial score (nSPS) is 11.7. The van der Waals surface area contributed by atoms with Gasteiger partial charge in [0.1, 0.15) is 5.75 Å². The molecule has 0 bridgehead atoms. The highest BCUT2D eigenvalue weighted by Crippen LogP contribution is 2.25. The van der Waals surface area contributed by atoms with Gasteiger partial charge in [0.25, 0.3) is 11.6 Å². The first-order valence-corrected chi connectivity index (χ1v) is 8.12. The fourth-order valence-electron chi connectivity index (χ4n) is 2.40. The van der Waals surface area contributed by atoms with Crippen molar-refractivity contribution in [1.29, 1.82) is 0 Å². The average Bonchev–Trinajstić information content (AvgIpc) is 2.57. The molecule has 1 unspecified atom stereocenters. The third-order valence-electron chi connectivity index (χ3n) is 4.18. The Bertz CT molecular complexity index is 802. The molecule has 0 saturated carbocycles. The molecule has 0 fully saturated rings. The molecule has 0 spiro atoms. The molecule has 1 atom stereocenters. The van der Waals surface area contributed by atoms with Gasteiger partial charge in [-0.3, -0.25) is 14.9 Å². The van der Waals surface area contributed by atoms with Gasteiger partial charge in [0.05, 0.1) is 10.6 Å². The van der Waals surface area contributed by atoms with Gasteiger partial charge in [-0.15, -0.1) is 0 Å². The number of benzene rings is 2. The van der Waals surface area contributed by atoms with Gasteiger partial charge in [-0.05, 0) is 49.9 Å². The maximum atomic E-state index is 12.6. The molecule has 1 N–H and O–H groups in total. The predicted molar refractivity (Wildman–Crippen MR) is 97.1 cm³/mol. The predicted octanol–water partition coefficient (Wildman–Crippen LogP) is 4.32. The molecule has 132 valence electrons. The van der Waals surface area contributed by atoms with Crippen molar-refractivity contribution in [3.05, 3.63) is 63.2 Å². The van der Waals surface area contributed by atoms with Crippen LogP contribution in [-0.4, -0.2) is 16.9 Å². The van der Waals surface area contributed by atoms with E-state index >= 15 is 0 Å². The van der Waals surface area contributed by atoms with Gasteiger partial charge >= 0.3 is 0 Å². The quantitative estimate of drug-likeness (QED) is 0.626. The molecule has 2 aromatic carbocycles. The van der Waals surface area contributed by atoms with E-state index in [1.54, 1.807) is 13.0 Å². The van der Waals surface area contributed by atoms with E-state index in [1.807, 2.05) is 39.0 Å². The summed E-state index contributed by atoms with van der Waals surface area (Å²) in [6.07, 6.45) is -0.202. The maximum absolute atomic E-state index is 12.6. The van der Waals surface area contributed by atoms with Crippen LogP contribution in [-0.2, 0) is 4.79 Å². The van der Waals surface area contributed by atoms with E-state index < -0.39 is 11.0 Å². The number of nitro groups is 1. The van der Waals surface area contributed by atoms with Crippen molar-refractivity contribution in [2.45, 2.75) is 40.2 Å². The lowest BCUT2D eigenvalue weighted by Gasteiger charge is -2.19. The van der Waals surface area contributed by atoms with Crippen LogP contribution in [0.4, 0.5) is 11.4 Å². The number of carbonyl (C=O) groups is 1. The van der Waals surface area contributed by atoms with E-state index in [4.69, 9.17) is 4.74 Å². The lowest BCUT2D eigenvalue weighted by atomic mass is 10.1. The van der Waals surface area contributed by atoms with Crippen LogP contribution in [0.1, 0.15) is 30.0 Å². The van der Waals surface area contributed by atoms with Gasteiger partial charge < -0.3 is 10.1 Å². The number of nitrogens with zero attached hydrogens (tertiary/aromatic N) is 1. The van der Waals surface area contributed by atoms with Crippen molar-refractivity contribution in [3.63, 3.8) is 0 Å². The molecule has 2 aromatic rings. The Morgan fingerprint density at radius 2 is 1.92 bits per heavy atom. The molecule has 0 aliphatic carbocycles. The van der Waals surface area contributed by atoms with Crippen LogP contribution < -0.4 is 10.1 Å². The fraction of sp³-hybridized carbons (Fsp3) is 0.316. The van der Waals surface area contributed by atoms with Crippen LogP contribution in [0, 0.1) is 30.9 Å². The maximum Gasteiger partial charge on any atom is 0.271 e. The number of aryl methyl sites for hydroxylation is 2. The van der Waals surface area contributed by atoms with Crippen LogP contribution in [0.5, 0.6) is 5.75 Å². The van der Waals surface area contributed by atoms with E-state index in [0.717, 1.165) is 16.7 Å². The smallest absolute Gasteiger partial charge is 0.271 e. The first-order valence-electron chi connectivity index (χ1n) is 8.12. The van der Waals surface area contributed by atoms with Gasteiger partial charge in [-0.25, -0.2) is 0 Å². The highest BCUT2D eigenvalue weighted by Gasteiger charge is 2.21. The zero-order valence-electron chi connectivity index (χ0n) is 14.8. The molecule has 0 radical (unpaired) electrons. The van der Waals surface area contributed by atoms with Gasteiger partial charge in [0.15, 0.2) is 6.10 Å². The van der Waals surface area contributed by atoms with Crippen LogP contribution in [0.2, 0.25) is 0 Å². The van der Waals surface area contributed by atoms with Crippen LogP contribution in [0.25, 0.3) is 0 Å². The second-order valence-electron chi connectivity index (χ2n) is 5.96. The van der Waals surface area contributed by atoms with Gasteiger partial charge in [-0.2, -0.15) is 0 Å².